The molecule has 1 aliphatic heterocycles. The number of amides is 1. The highest BCUT2D eigenvalue weighted by atomic mass is 35.5. The summed E-state index contributed by atoms with van der Waals surface area (Å²) in [6, 6.07) is 11.7. The van der Waals surface area contributed by atoms with Crippen LogP contribution in [0.1, 0.15) is 80.8 Å². The first-order valence-corrected chi connectivity index (χ1v) is 19.4. The Morgan fingerprint density at radius 3 is 2.53 bits per heavy atom. The van der Waals surface area contributed by atoms with E-state index < -0.39 is 21.8 Å². The lowest BCUT2D eigenvalue weighted by atomic mass is 9.67. The number of halogens is 1. The minimum absolute atomic E-state index is 0.120. The first kappa shape index (κ1) is 37.3. The number of anilines is 1. The van der Waals surface area contributed by atoms with Crippen molar-refractivity contribution in [3.8, 4) is 5.75 Å². The number of ether oxygens (including phenoxy) is 1. The molecule has 6 atom stereocenters. The summed E-state index contributed by atoms with van der Waals surface area (Å²) in [6.07, 6.45) is 11.5. The van der Waals surface area contributed by atoms with E-state index in [2.05, 4.69) is 47.8 Å². The van der Waals surface area contributed by atoms with Gasteiger partial charge in [0.1, 0.15) is 16.7 Å². The highest BCUT2D eigenvalue weighted by Crippen LogP contribution is 2.44. The average molecular weight is 679 g/mol. The van der Waals surface area contributed by atoms with E-state index in [4.69, 9.17) is 21.4 Å². The summed E-state index contributed by atoms with van der Waals surface area (Å²) in [4.78, 5) is 15.5. The molecular weight excluding hydrogens is 628 g/mol. The van der Waals surface area contributed by atoms with Crippen molar-refractivity contribution in [2.75, 3.05) is 43.7 Å². The van der Waals surface area contributed by atoms with Crippen molar-refractivity contribution in [2.45, 2.75) is 71.0 Å². The van der Waals surface area contributed by atoms with Crippen LogP contribution in [0.5, 0.6) is 5.75 Å². The van der Waals surface area contributed by atoms with Gasteiger partial charge in [0.25, 0.3) is 5.91 Å². The maximum Gasteiger partial charge on any atom is 0.263 e. The predicted molar refractivity (Wildman–Crippen MR) is 189 cm³/mol. The van der Waals surface area contributed by atoms with Crippen LogP contribution >= 0.6 is 11.6 Å². The predicted octanol–water partition coefficient (Wildman–Crippen LogP) is 6.67. The van der Waals surface area contributed by atoms with E-state index in [1.807, 2.05) is 32.0 Å². The van der Waals surface area contributed by atoms with Crippen molar-refractivity contribution in [3.05, 3.63) is 70.3 Å². The Morgan fingerprint density at radius 2 is 1.91 bits per heavy atom. The number of allylic oxidation sites excluding steroid dienone is 2. The van der Waals surface area contributed by atoms with Crippen molar-refractivity contribution in [3.63, 3.8) is 0 Å². The van der Waals surface area contributed by atoms with Gasteiger partial charge in [-0.05, 0) is 98.7 Å². The molecule has 1 aliphatic carbocycles. The van der Waals surface area contributed by atoms with Crippen LogP contribution in [0.4, 0.5) is 5.69 Å². The van der Waals surface area contributed by atoms with Crippen molar-refractivity contribution in [2.24, 2.45) is 17.8 Å². The first-order chi connectivity index (χ1) is 21.6. The molecule has 1 saturated carbocycles. The van der Waals surface area contributed by atoms with E-state index in [0.29, 0.717) is 35.7 Å². The molecule has 1 heterocycles. The Morgan fingerprint density at radius 1 is 1.16 bits per heavy atom. The maximum absolute atomic E-state index is 13.1. The Labute approximate surface area is 280 Å². The zero-order valence-electron chi connectivity index (χ0n) is 27.6. The van der Waals surface area contributed by atoms with Crippen molar-refractivity contribution < 1.29 is 23.1 Å². The monoisotopic (exact) mass is 678 g/mol. The van der Waals surface area contributed by atoms with E-state index in [1.54, 1.807) is 12.3 Å². The molecule has 45 heavy (non-hydrogen) atoms. The van der Waals surface area contributed by atoms with Crippen LogP contribution in [-0.2, 0) is 28.2 Å². The third-order valence-electron chi connectivity index (χ3n) is 8.66. The number of nitrogens with one attached hydrogen (secondary N) is 1. The van der Waals surface area contributed by atoms with E-state index in [-0.39, 0.29) is 17.1 Å². The molecule has 0 spiro atoms. The standard InChI is InChI=1S/C34H47ClN2O4S2.CH4O/c1-6-8-10-27(22-42(5)39)31-14-11-26(31)19-37-20-28(30-15-13-29(35)17-24(30)9-7-2)21-41-33-16-12-25(18-32(33)37)34(38)36-43(40)23(3)4;1-2/h8,10,12-13,15-18,23,26-28,31H,6-7,9,11,14,19-22H2,1-5H3,(H,36,38);2H,1H3/b10-8+;. The highest BCUT2D eigenvalue weighted by molar-refractivity contribution is 7.84. The number of nitrogens with zero attached hydrogens (tertiary/aromatic N) is 1. The van der Waals surface area contributed by atoms with E-state index in [1.165, 1.54) is 11.1 Å². The Hall–Kier alpha value is -2.20. The first-order valence-electron chi connectivity index (χ1n) is 16.0. The molecule has 2 aromatic carbocycles. The normalized spacial score (nSPS) is 21.4. The molecule has 10 heteroatoms. The van der Waals surface area contributed by atoms with Gasteiger partial charge in [-0.25, -0.2) is 4.21 Å². The topological polar surface area (TPSA) is 95.9 Å². The SMILES string of the molecule is CC/C=C/C(CS(C)=O)C1CCC1CN1CC(c2ccc(Cl)cc2CCC)COc2ccc(C(=O)NS(=O)C(C)C)cc21.CO. The number of aryl methyl sites for hydroxylation is 1. The number of hydrogen-bond acceptors (Lipinski definition) is 6. The van der Waals surface area contributed by atoms with Crippen LogP contribution in [0.15, 0.2) is 48.6 Å². The Bertz CT molecular complexity index is 1350. The van der Waals surface area contributed by atoms with Gasteiger partial charge >= 0.3 is 0 Å². The summed E-state index contributed by atoms with van der Waals surface area (Å²) in [5, 5.41) is 7.57. The van der Waals surface area contributed by atoms with Crippen molar-refractivity contribution in [1.82, 2.24) is 4.72 Å². The molecule has 6 unspecified atom stereocenters. The third kappa shape index (κ3) is 10.1. The molecular formula is C35H51ClN2O5S2. The molecule has 4 rings (SSSR count). The minimum Gasteiger partial charge on any atom is -0.491 e. The van der Waals surface area contributed by atoms with Crippen molar-refractivity contribution >= 4 is 45.0 Å². The molecule has 2 aromatic rings. The number of hydrogen-bond donors (Lipinski definition) is 2. The second-order valence-electron chi connectivity index (χ2n) is 12.2. The Kier molecular flexibility index (Phi) is 15.1. The number of rotatable bonds is 13. The summed E-state index contributed by atoms with van der Waals surface area (Å²) in [7, 11) is -1.33. The molecule has 0 bridgehead atoms. The van der Waals surface area contributed by atoms with Gasteiger partial charge in [0.15, 0.2) is 0 Å². The van der Waals surface area contributed by atoms with Gasteiger partial charge in [-0.2, -0.15) is 0 Å². The molecule has 2 aliphatic rings. The van der Waals surface area contributed by atoms with E-state index in [0.717, 1.165) is 68.8 Å². The number of fused-ring (bicyclic) bond motifs is 1. The zero-order chi connectivity index (χ0) is 33.1. The average Bonchev–Trinajstić information content (AvgIpc) is 3.18. The number of aliphatic hydroxyl groups excluding tert-OH is 1. The number of aliphatic hydroxyl groups is 1. The fraction of sp³-hybridized carbons (Fsp3) is 0.571. The van der Waals surface area contributed by atoms with Crippen LogP contribution in [0.3, 0.4) is 0 Å². The largest absolute Gasteiger partial charge is 0.491 e. The molecule has 0 radical (unpaired) electrons. The Balaban J connectivity index is 0.00000271. The summed E-state index contributed by atoms with van der Waals surface area (Å²) in [6.45, 7) is 10.0. The van der Waals surface area contributed by atoms with Gasteiger partial charge < -0.3 is 14.7 Å². The molecule has 0 saturated heterocycles. The summed E-state index contributed by atoms with van der Waals surface area (Å²) >= 11 is 6.41. The van der Waals surface area contributed by atoms with Gasteiger partial charge in [-0.1, -0.05) is 50.1 Å². The lowest BCUT2D eigenvalue weighted by molar-refractivity contribution is 0.0982. The smallest absolute Gasteiger partial charge is 0.263 e. The van der Waals surface area contributed by atoms with Gasteiger partial charge in [-0.3, -0.25) is 13.7 Å². The van der Waals surface area contributed by atoms with E-state index >= 15 is 0 Å². The van der Waals surface area contributed by atoms with Gasteiger partial charge in [0.2, 0.25) is 0 Å². The number of carbonyl (C=O) groups is 1. The lowest BCUT2D eigenvalue weighted by Crippen LogP contribution is -2.43. The third-order valence-corrected chi connectivity index (χ3v) is 11.0. The fourth-order valence-corrected chi connectivity index (χ4v) is 7.93. The maximum atomic E-state index is 13.1. The minimum atomic E-state index is -1.46. The zero-order valence-corrected chi connectivity index (χ0v) is 30.0. The van der Waals surface area contributed by atoms with Crippen LogP contribution in [0, 0.1) is 17.8 Å². The van der Waals surface area contributed by atoms with Crippen molar-refractivity contribution in [1.29, 1.82) is 0 Å². The van der Waals surface area contributed by atoms with Crippen LogP contribution in [0.25, 0.3) is 0 Å². The van der Waals surface area contributed by atoms with Crippen LogP contribution < -0.4 is 14.4 Å². The lowest BCUT2D eigenvalue weighted by Gasteiger charge is -2.44. The van der Waals surface area contributed by atoms with Gasteiger partial charge in [0.05, 0.1) is 12.3 Å². The second-order valence-corrected chi connectivity index (χ2v) is 15.9. The van der Waals surface area contributed by atoms with E-state index in [9.17, 15) is 13.2 Å². The second kappa shape index (κ2) is 18.2. The highest BCUT2D eigenvalue weighted by Gasteiger charge is 2.38. The molecule has 1 fully saturated rings. The van der Waals surface area contributed by atoms with Crippen LogP contribution in [-0.4, -0.2) is 63.5 Å². The van der Waals surface area contributed by atoms with Gasteiger partial charge in [0, 0.05) is 64.8 Å². The fourth-order valence-electron chi connectivity index (χ4n) is 6.29. The molecule has 0 aromatic heterocycles. The summed E-state index contributed by atoms with van der Waals surface area (Å²) < 4.78 is 33.8. The quantitative estimate of drug-likeness (QED) is 0.230. The molecule has 250 valence electrons. The van der Waals surface area contributed by atoms with Crippen LogP contribution in [0.2, 0.25) is 5.02 Å². The molecule has 1 amide bonds. The summed E-state index contributed by atoms with van der Waals surface area (Å²) in [5.41, 5.74) is 3.86. The van der Waals surface area contributed by atoms with Gasteiger partial charge in [-0.15, -0.1) is 0 Å². The number of benzene rings is 2. The number of carbonyl (C=O) groups excluding carboxylic acids is 1. The summed E-state index contributed by atoms with van der Waals surface area (Å²) in [5.74, 6) is 2.39. The molecule has 2 N–H and O–H groups in total. The molecule has 7 nitrogen and oxygen atoms in total.